The minimum Gasteiger partial charge on any atom is -0.493 e. The van der Waals surface area contributed by atoms with Crippen LogP contribution in [0.3, 0.4) is 0 Å². The molecule has 0 aromatic heterocycles. The zero-order chi connectivity index (χ0) is 50.3. The lowest BCUT2D eigenvalue weighted by atomic mass is 9.56. The van der Waals surface area contributed by atoms with Crippen molar-refractivity contribution in [2.75, 3.05) is 24.9 Å². The summed E-state index contributed by atoms with van der Waals surface area (Å²) in [5.41, 5.74) is -3.63. The molecule has 6 N–H and O–H groups in total. The van der Waals surface area contributed by atoms with Gasteiger partial charge < -0.3 is 50.4 Å². The van der Waals surface area contributed by atoms with Gasteiger partial charge in [-0.2, -0.15) is 0 Å². The normalized spacial score (nSPS) is 21.1. The van der Waals surface area contributed by atoms with Gasteiger partial charge in [0.1, 0.15) is 11.1 Å². The van der Waals surface area contributed by atoms with Gasteiger partial charge in [-0.3, -0.25) is 28.8 Å². The number of ether oxygens (including phenoxy) is 4. The van der Waals surface area contributed by atoms with Crippen LogP contribution in [0.2, 0.25) is 0 Å². The van der Waals surface area contributed by atoms with E-state index in [0.29, 0.717) is 11.4 Å². The van der Waals surface area contributed by atoms with E-state index in [9.17, 15) is 48.6 Å². The number of carboxylic acid groups (broad SMARTS) is 2. The highest BCUT2D eigenvalue weighted by Gasteiger charge is 2.63. The summed E-state index contributed by atoms with van der Waals surface area (Å²) >= 11 is 0. The zero-order valence-corrected chi connectivity index (χ0v) is 39.3. The summed E-state index contributed by atoms with van der Waals surface area (Å²) in [5.74, 6) is -9.84. The molecule has 0 heterocycles. The smallest absolute Gasteiger partial charge is 0.330 e. The summed E-state index contributed by atoms with van der Waals surface area (Å²) in [6.45, 7) is 2.35. The van der Waals surface area contributed by atoms with Gasteiger partial charge in [0.25, 0.3) is 11.8 Å². The van der Waals surface area contributed by atoms with Gasteiger partial charge in [0.05, 0.1) is 14.2 Å². The largest absolute Gasteiger partial charge is 0.493 e. The number of benzene rings is 4. The lowest BCUT2D eigenvalue weighted by Gasteiger charge is -2.52. The highest BCUT2D eigenvalue weighted by Crippen LogP contribution is 2.54. The quantitative estimate of drug-likeness (QED) is 0.0489. The number of esters is 2. The van der Waals surface area contributed by atoms with E-state index in [1.165, 1.54) is 113 Å². The minimum atomic E-state index is -2.38. The second-order valence-electron chi connectivity index (χ2n) is 18.1. The summed E-state index contributed by atoms with van der Waals surface area (Å²) in [5, 5.41) is 34.5. The van der Waals surface area contributed by atoms with Gasteiger partial charge in [-0.05, 0) is 122 Å². The fourth-order valence-electron chi connectivity index (χ4n) is 10.0. The number of carbonyl (C=O) groups excluding carboxylic acids is 6. The van der Waals surface area contributed by atoms with Crippen LogP contribution in [-0.2, 0) is 28.8 Å². The zero-order valence-electron chi connectivity index (χ0n) is 39.3. The Morgan fingerprint density at radius 3 is 1.14 bits per heavy atom. The molecule has 18 nitrogen and oxygen atoms in total. The molecule has 3 saturated carbocycles. The first-order chi connectivity index (χ1) is 33.5. The minimum absolute atomic E-state index is 0.0104. The van der Waals surface area contributed by atoms with Gasteiger partial charge >= 0.3 is 23.9 Å². The van der Waals surface area contributed by atoms with Gasteiger partial charge in [-0.25, -0.2) is 9.59 Å². The molecule has 0 radical (unpaired) electrons. The summed E-state index contributed by atoms with van der Waals surface area (Å²) in [6, 6.07) is 20.1. The van der Waals surface area contributed by atoms with Crippen LogP contribution in [0.15, 0.2) is 84.9 Å². The van der Waals surface area contributed by atoms with E-state index in [1.807, 2.05) is 0 Å². The number of rotatable bonds is 16. The van der Waals surface area contributed by atoms with Crippen molar-refractivity contribution in [1.29, 1.82) is 0 Å². The molecular formula is C52H56N4O14. The Kier molecular flexibility index (Phi) is 15.2. The Morgan fingerprint density at radius 2 is 0.843 bits per heavy atom. The third-order valence-corrected chi connectivity index (χ3v) is 13.6. The van der Waals surface area contributed by atoms with Crippen LogP contribution < -0.4 is 40.2 Å². The molecule has 0 spiro atoms. The van der Waals surface area contributed by atoms with Crippen molar-refractivity contribution in [3.63, 3.8) is 0 Å². The molecule has 4 atom stereocenters. The van der Waals surface area contributed by atoms with Gasteiger partial charge in [-0.1, -0.05) is 37.8 Å². The SMILES string of the molecule is COc1cc(C2CC(NC(=O)c3ccc(NC(=O)C4CCCC4)cc3)(C(=O)O)C(c3ccc(OC(C)=O)c(OC)c3)CC2(NC(=O)c2ccc(NC(=O)C3CCCC3)cc2)C(=O)O)ccc1OC(C)=O. The molecule has 70 heavy (non-hydrogen) atoms. The van der Waals surface area contributed by atoms with Crippen LogP contribution in [0.4, 0.5) is 11.4 Å². The number of methoxy groups -OCH3 is 2. The number of carboxylic acids is 2. The maximum absolute atomic E-state index is 14.5. The van der Waals surface area contributed by atoms with Crippen molar-refractivity contribution in [2.45, 2.75) is 101 Å². The number of aliphatic carboxylic acids is 2. The lowest BCUT2D eigenvalue weighted by molar-refractivity contribution is -0.155. The maximum atomic E-state index is 14.5. The number of anilines is 2. The number of amides is 4. The van der Waals surface area contributed by atoms with Crippen LogP contribution in [-0.4, -0.2) is 83.0 Å². The van der Waals surface area contributed by atoms with E-state index in [4.69, 9.17) is 18.9 Å². The first-order valence-corrected chi connectivity index (χ1v) is 23.1. The molecule has 18 heteroatoms. The third-order valence-electron chi connectivity index (χ3n) is 13.6. The van der Waals surface area contributed by atoms with Crippen LogP contribution in [0.5, 0.6) is 23.0 Å². The van der Waals surface area contributed by atoms with Gasteiger partial charge in [0.2, 0.25) is 11.8 Å². The first-order valence-electron chi connectivity index (χ1n) is 23.1. The molecule has 4 aromatic carbocycles. The molecule has 0 saturated heterocycles. The van der Waals surface area contributed by atoms with E-state index in [1.54, 1.807) is 0 Å². The van der Waals surface area contributed by atoms with E-state index in [-0.39, 0.29) is 68.9 Å². The Balaban J connectivity index is 1.34. The number of hydrogen-bond acceptors (Lipinski definition) is 12. The summed E-state index contributed by atoms with van der Waals surface area (Å²) in [7, 11) is 2.57. The van der Waals surface area contributed by atoms with Crippen molar-refractivity contribution >= 4 is 58.9 Å². The van der Waals surface area contributed by atoms with Crippen molar-refractivity contribution in [3.05, 3.63) is 107 Å². The highest BCUT2D eigenvalue weighted by atomic mass is 16.6. The molecular weight excluding hydrogens is 905 g/mol. The molecule has 3 aliphatic rings. The first kappa shape index (κ1) is 50.1. The fourth-order valence-corrected chi connectivity index (χ4v) is 10.0. The molecule has 3 fully saturated rings. The molecule has 0 aliphatic heterocycles. The average molecular weight is 961 g/mol. The van der Waals surface area contributed by atoms with Crippen LogP contribution in [0.1, 0.15) is 122 Å². The molecule has 4 amide bonds. The average Bonchev–Trinajstić information content (AvgIpc) is 4.09. The summed E-state index contributed by atoms with van der Waals surface area (Å²) in [4.78, 5) is 108. The topological polar surface area (TPSA) is 262 Å². The Bertz CT molecular complexity index is 2490. The molecule has 4 unspecified atom stereocenters. The van der Waals surface area contributed by atoms with Gasteiger partial charge in [0.15, 0.2) is 23.0 Å². The second-order valence-corrected chi connectivity index (χ2v) is 18.1. The molecule has 7 rings (SSSR count). The van der Waals surface area contributed by atoms with E-state index in [2.05, 4.69) is 21.3 Å². The number of hydrogen-bond donors (Lipinski definition) is 6. The Hall–Kier alpha value is -7.76. The highest BCUT2D eigenvalue weighted by molar-refractivity contribution is 6.02. The maximum Gasteiger partial charge on any atom is 0.330 e. The summed E-state index contributed by atoms with van der Waals surface area (Å²) in [6.07, 6.45) is 5.54. The van der Waals surface area contributed by atoms with E-state index >= 15 is 0 Å². The van der Waals surface area contributed by atoms with E-state index in [0.717, 1.165) is 51.4 Å². The van der Waals surface area contributed by atoms with Crippen LogP contribution in [0.25, 0.3) is 0 Å². The summed E-state index contributed by atoms with van der Waals surface area (Å²) < 4.78 is 21.8. The number of nitrogens with one attached hydrogen (secondary N) is 4. The van der Waals surface area contributed by atoms with E-state index < -0.39 is 71.4 Å². The van der Waals surface area contributed by atoms with Crippen molar-refractivity contribution < 1.29 is 67.5 Å². The van der Waals surface area contributed by atoms with Crippen molar-refractivity contribution in [1.82, 2.24) is 10.6 Å². The number of carbonyl (C=O) groups is 8. The third kappa shape index (κ3) is 10.7. The Morgan fingerprint density at radius 1 is 0.500 bits per heavy atom. The monoisotopic (exact) mass is 960 g/mol. The standard InChI is InChI=1S/C52H56N4O14/c1-29(57)69-41-23-17-35(25-43(41)67-3)39-27-52(50(65)66,56-48(62)34-15-21-38(22-16-34)54-46(60)32-11-7-8-12-32)40(36-18-24-42(70-30(2)58)44(26-36)68-4)28-51(39,49(63)64)55-47(61)33-13-19-37(20-14-33)53-45(59)31-9-5-6-10-31/h13-26,31-32,39-40H,5-12,27-28H2,1-4H3,(H,53,59)(H,54,60)(H,55,61)(H,56,62)(H,63,64)(H,65,66). The molecule has 368 valence electrons. The van der Waals surface area contributed by atoms with Crippen LogP contribution in [0, 0.1) is 11.8 Å². The van der Waals surface area contributed by atoms with Crippen molar-refractivity contribution in [2.24, 2.45) is 11.8 Å². The van der Waals surface area contributed by atoms with Crippen molar-refractivity contribution in [3.8, 4) is 23.0 Å². The molecule has 4 aromatic rings. The second kappa shape index (κ2) is 21.3. The van der Waals surface area contributed by atoms with Crippen LogP contribution >= 0.6 is 0 Å². The lowest BCUT2D eigenvalue weighted by Crippen LogP contribution is -2.70. The predicted octanol–water partition coefficient (Wildman–Crippen LogP) is 6.98. The predicted molar refractivity (Wildman–Crippen MR) is 253 cm³/mol. The van der Waals surface area contributed by atoms with Gasteiger partial charge in [0, 0.05) is 60.0 Å². The Labute approximate surface area is 403 Å². The fraction of sp³-hybridized carbons (Fsp3) is 0.385. The van der Waals surface area contributed by atoms with Gasteiger partial charge in [-0.15, -0.1) is 0 Å². The molecule has 3 aliphatic carbocycles. The molecule has 0 bridgehead atoms.